The quantitative estimate of drug-likeness (QED) is 0.676. The number of hydrogen-bond acceptors (Lipinski definition) is 4. The Labute approximate surface area is 115 Å². The van der Waals surface area contributed by atoms with Gasteiger partial charge in [-0.3, -0.25) is 0 Å². The van der Waals surface area contributed by atoms with E-state index in [0.29, 0.717) is 5.56 Å². The van der Waals surface area contributed by atoms with Crippen molar-refractivity contribution in [2.45, 2.75) is 39.5 Å². The number of ether oxygens (including phenoxy) is 1. The van der Waals surface area contributed by atoms with E-state index in [1.807, 2.05) is 6.07 Å². The van der Waals surface area contributed by atoms with Crippen LogP contribution in [0.1, 0.15) is 49.9 Å². The molecule has 0 spiro atoms. The van der Waals surface area contributed by atoms with Gasteiger partial charge in [-0.05, 0) is 25.0 Å². The molecule has 0 bridgehead atoms. The van der Waals surface area contributed by atoms with Gasteiger partial charge in [0.2, 0.25) is 0 Å². The fraction of sp³-hybridized carbons (Fsp3) is 0.600. The smallest absolute Gasteiger partial charge is 0.338 e. The average Bonchev–Trinajstić information content (AvgIpc) is 2.46. The van der Waals surface area contributed by atoms with Crippen LogP contribution in [-0.2, 0) is 4.74 Å². The van der Waals surface area contributed by atoms with Gasteiger partial charge < -0.3 is 9.64 Å². The highest BCUT2D eigenvalue weighted by atomic mass is 16.5. The molecule has 1 rings (SSSR count). The molecule has 1 aromatic rings. The van der Waals surface area contributed by atoms with E-state index in [0.717, 1.165) is 44.6 Å². The average molecular weight is 264 g/mol. The van der Waals surface area contributed by atoms with Crippen molar-refractivity contribution in [1.82, 2.24) is 4.98 Å². The van der Waals surface area contributed by atoms with Crippen LogP contribution >= 0.6 is 0 Å². The van der Waals surface area contributed by atoms with Crippen LogP contribution in [0.2, 0.25) is 0 Å². The van der Waals surface area contributed by atoms with Gasteiger partial charge in [-0.15, -0.1) is 0 Å². The van der Waals surface area contributed by atoms with Gasteiger partial charge in [0.25, 0.3) is 0 Å². The molecule has 1 heterocycles. The minimum atomic E-state index is -0.311. The fourth-order valence-electron chi connectivity index (χ4n) is 1.88. The number of methoxy groups -OCH3 is 1. The Bertz CT molecular complexity index is 385. The van der Waals surface area contributed by atoms with Gasteiger partial charge >= 0.3 is 5.97 Å². The largest absolute Gasteiger partial charge is 0.465 e. The molecule has 0 saturated carbocycles. The molecule has 0 radical (unpaired) electrons. The molecule has 0 aliphatic rings. The van der Waals surface area contributed by atoms with Gasteiger partial charge in [0.15, 0.2) is 0 Å². The van der Waals surface area contributed by atoms with Crippen molar-refractivity contribution in [1.29, 1.82) is 0 Å². The molecule has 0 amide bonds. The van der Waals surface area contributed by atoms with E-state index in [1.54, 1.807) is 12.3 Å². The lowest BCUT2D eigenvalue weighted by Crippen LogP contribution is -2.26. The summed E-state index contributed by atoms with van der Waals surface area (Å²) in [7, 11) is 1.40. The van der Waals surface area contributed by atoms with E-state index in [9.17, 15) is 4.79 Å². The summed E-state index contributed by atoms with van der Waals surface area (Å²) in [5.41, 5.74) is 0.561. The predicted octanol–water partition coefficient (Wildman–Crippen LogP) is 3.27. The lowest BCUT2D eigenvalue weighted by molar-refractivity contribution is 0.0600. The van der Waals surface area contributed by atoms with Crippen LogP contribution in [-0.4, -0.2) is 31.2 Å². The molecule has 106 valence electrons. The highest BCUT2D eigenvalue weighted by Crippen LogP contribution is 2.15. The SMILES string of the molecule is CCCCN(CCCC)c1cc(C(=O)OC)ccn1. The van der Waals surface area contributed by atoms with Crippen LogP contribution in [0.4, 0.5) is 5.82 Å². The third-order valence-corrected chi connectivity index (χ3v) is 3.05. The molecule has 0 atom stereocenters. The lowest BCUT2D eigenvalue weighted by atomic mass is 10.2. The van der Waals surface area contributed by atoms with Crippen molar-refractivity contribution < 1.29 is 9.53 Å². The molecule has 1 aromatic heterocycles. The van der Waals surface area contributed by atoms with E-state index >= 15 is 0 Å². The third kappa shape index (κ3) is 4.89. The second kappa shape index (κ2) is 8.51. The minimum absolute atomic E-state index is 0.311. The molecule has 0 aliphatic heterocycles. The molecule has 0 aromatic carbocycles. The highest BCUT2D eigenvalue weighted by molar-refractivity contribution is 5.90. The first kappa shape index (κ1) is 15.5. The van der Waals surface area contributed by atoms with E-state index < -0.39 is 0 Å². The maximum atomic E-state index is 11.5. The van der Waals surface area contributed by atoms with Crippen LogP contribution < -0.4 is 4.90 Å². The molecule has 0 N–H and O–H groups in total. The summed E-state index contributed by atoms with van der Waals surface area (Å²) in [5, 5.41) is 0. The molecule has 4 heteroatoms. The highest BCUT2D eigenvalue weighted by Gasteiger charge is 2.11. The third-order valence-electron chi connectivity index (χ3n) is 3.05. The summed E-state index contributed by atoms with van der Waals surface area (Å²) in [6.07, 6.45) is 6.24. The van der Waals surface area contributed by atoms with Gasteiger partial charge in [0.1, 0.15) is 5.82 Å². The van der Waals surface area contributed by atoms with Crippen LogP contribution in [0.3, 0.4) is 0 Å². The van der Waals surface area contributed by atoms with Crippen molar-refractivity contribution in [3.63, 3.8) is 0 Å². The molecule has 0 aliphatic carbocycles. The second-order valence-electron chi connectivity index (χ2n) is 4.59. The Morgan fingerprint density at radius 2 is 1.89 bits per heavy atom. The van der Waals surface area contributed by atoms with E-state index in [4.69, 9.17) is 4.74 Å². The molecule has 0 saturated heterocycles. The lowest BCUT2D eigenvalue weighted by Gasteiger charge is -2.23. The number of aromatic nitrogens is 1. The molecule has 19 heavy (non-hydrogen) atoms. The van der Waals surface area contributed by atoms with E-state index in [2.05, 4.69) is 23.7 Å². The maximum Gasteiger partial charge on any atom is 0.338 e. The van der Waals surface area contributed by atoms with Gasteiger partial charge in [0, 0.05) is 19.3 Å². The first-order valence-corrected chi connectivity index (χ1v) is 7.02. The van der Waals surface area contributed by atoms with Crippen LogP contribution in [0, 0.1) is 0 Å². The zero-order valence-electron chi connectivity index (χ0n) is 12.2. The number of pyridine rings is 1. The summed E-state index contributed by atoms with van der Waals surface area (Å²) in [4.78, 5) is 18.2. The van der Waals surface area contributed by atoms with E-state index in [1.165, 1.54) is 7.11 Å². The fourth-order valence-corrected chi connectivity index (χ4v) is 1.88. The van der Waals surface area contributed by atoms with Gasteiger partial charge in [-0.25, -0.2) is 9.78 Å². The zero-order valence-corrected chi connectivity index (χ0v) is 12.2. The number of nitrogens with zero attached hydrogens (tertiary/aromatic N) is 2. The Balaban J connectivity index is 2.84. The standard InChI is InChI=1S/C15H24N2O2/c1-4-6-10-17(11-7-5-2)14-12-13(8-9-16-14)15(18)19-3/h8-9,12H,4-7,10-11H2,1-3H3. The van der Waals surface area contributed by atoms with Crippen molar-refractivity contribution in [2.75, 3.05) is 25.1 Å². The number of anilines is 1. The monoisotopic (exact) mass is 264 g/mol. The van der Waals surface area contributed by atoms with Crippen LogP contribution in [0.5, 0.6) is 0 Å². The number of hydrogen-bond donors (Lipinski definition) is 0. The number of rotatable bonds is 8. The first-order chi connectivity index (χ1) is 9.22. The second-order valence-corrected chi connectivity index (χ2v) is 4.59. The number of carbonyl (C=O) groups excluding carboxylic acids is 1. The molecular weight excluding hydrogens is 240 g/mol. The number of carbonyl (C=O) groups is 1. The predicted molar refractivity (Wildman–Crippen MR) is 77.6 cm³/mol. The Hall–Kier alpha value is -1.58. The molecule has 0 fully saturated rings. The molecule has 4 nitrogen and oxygen atoms in total. The van der Waals surface area contributed by atoms with Crippen molar-refractivity contribution in [2.24, 2.45) is 0 Å². The van der Waals surface area contributed by atoms with E-state index in [-0.39, 0.29) is 5.97 Å². The van der Waals surface area contributed by atoms with Crippen LogP contribution in [0.25, 0.3) is 0 Å². The topological polar surface area (TPSA) is 42.4 Å². The molecule has 0 unspecified atom stereocenters. The van der Waals surface area contributed by atoms with Crippen LogP contribution in [0.15, 0.2) is 18.3 Å². The summed E-state index contributed by atoms with van der Waals surface area (Å²) in [6, 6.07) is 3.50. The Morgan fingerprint density at radius 1 is 1.26 bits per heavy atom. The minimum Gasteiger partial charge on any atom is -0.465 e. The summed E-state index contributed by atoms with van der Waals surface area (Å²) < 4.78 is 4.75. The zero-order chi connectivity index (χ0) is 14.1. The van der Waals surface area contributed by atoms with Gasteiger partial charge in [-0.1, -0.05) is 26.7 Å². The Morgan fingerprint density at radius 3 is 2.42 bits per heavy atom. The normalized spacial score (nSPS) is 10.3. The first-order valence-electron chi connectivity index (χ1n) is 7.02. The van der Waals surface area contributed by atoms with Gasteiger partial charge in [-0.2, -0.15) is 0 Å². The van der Waals surface area contributed by atoms with Crippen molar-refractivity contribution in [3.05, 3.63) is 23.9 Å². The van der Waals surface area contributed by atoms with Crippen molar-refractivity contribution >= 4 is 11.8 Å². The maximum absolute atomic E-state index is 11.5. The summed E-state index contributed by atoms with van der Waals surface area (Å²) in [5.74, 6) is 0.555. The van der Waals surface area contributed by atoms with Gasteiger partial charge in [0.05, 0.1) is 12.7 Å². The van der Waals surface area contributed by atoms with Crippen molar-refractivity contribution in [3.8, 4) is 0 Å². The number of unbranched alkanes of at least 4 members (excludes halogenated alkanes) is 2. The summed E-state index contributed by atoms with van der Waals surface area (Å²) >= 11 is 0. The number of esters is 1. The molecular formula is C15H24N2O2. The summed E-state index contributed by atoms with van der Waals surface area (Å²) in [6.45, 7) is 6.31. The Kier molecular flexibility index (Phi) is 6.93.